The van der Waals surface area contributed by atoms with Gasteiger partial charge in [0.1, 0.15) is 5.75 Å². The van der Waals surface area contributed by atoms with Gasteiger partial charge in [-0.3, -0.25) is 0 Å². The minimum Gasteiger partial charge on any atom is -0.496 e. The van der Waals surface area contributed by atoms with Crippen molar-refractivity contribution in [3.8, 4) is 5.75 Å². The van der Waals surface area contributed by atoms with Crippen molar-refractivity contribution >= 4 is 0 Å². The molecule has 0 heterocycles. The van der Waals surface area contributed by atoms with Crippen LogP contribution in [0, 0.1) is 20.8 Å². The van der Waals surface area contributed by atoms with Crippen molar-refractivity contribution in [3.63, 3.8) is 0 Å². The summed E-state index contributed by atoms with van der Waals surface area (Å²) in [5.74, 6) is 0.944. The lowest BCUT2D eigenvalue weighted by Crippen LogP contribution is -2.25. The van der Waals surface area contributed by atoms with E-state index in [0.29, 0.717) is 0 Å². The van der Waals surface area contributed by atoms with Gasteiger partial charge in [-0.2, -0.15) is 0 Å². The molecule has 0 aliphatic rings. The Kier molecular flexibility index (Phi) is 4.97. The van der Waals surface area contributed by atoms with Gasteiger partial charge in [0.15, 0.2) is 0 Å². The lowest BCUT2D eigenvalue weighted by atomic mass is 9.94. The number of hydrogen-bond donors (Lipinski definition) is 2. The number of aryl methyl sites for hydroxylation is 1. The van der Waals surface area contributed by atoms with E-state index in [4.69, 9.17) is 4.74 Å². The first-order valence-electron chi connectivity index (χ1n) is 6.05. The number of rotatable bonds is 5. The summed E-state index contributed by atoms with van der Waals surface area (Å²) in [7, 11) is 1.70. The Labute approximate surface area is 104 Å². The molecule has 0 aliphatic heterocycles. The molecule has 0 saturated heterocycles. The lowest BCUT2D eigenvalue weighted by Gasteiger charge is -2.22. The van der Waals surface area contributed by atoms with E-state index in [0.717, 1.165) is 29.0 Å². The van der Waals surface area contributed by atoms with E-state index in [-0.39, 0.29) is 12.6 Å². The van der Waals surface area contributed by atoms with Crippen LogP contribution in [0.2, 0.25) is 0 Å². The summed E-state index contributed by atoms with van der Waals surface area (Å²) in [5, 5.41) is 12.7. The van der Waals surface area contributed by atoms with Crippen molar-refractivity contribution in [2.45, 2.75) is 33.7 Å². The van der Waals surface area contributed by atoms with Crippen molar-refractivity contribution in [1.29, 1.82) is 0 Å². The van der Waals surface area contributed by atoms with E-state index in [1.165, 1.54) is 5.56 Å². The third kappa shape index (κ3) is 2.79. The lowest BCUT2D eigenvalue weighted by molar-refractivity contribution is 0.246. The van der Waals surface area contributed by atoms with Crippen molar-refractivity contribution in [3.05, 3.63) is 28.3 Å². The minimum atomic E-state index is 0.00306. The van der Waals surface area contributed by atoms with Crippen LogP contribution in [0.5, 0.6) is 5.75 Å². The Bertz CT molecular complexity index is 388. The van der Waals surface area contributed by atoms with Crippen molar-refractivity contribution in [1.82, 2.24) is 5.32 Å². The largest absolute Gasteiger partial charge is 0.496 e. The molecule has 1 unspecified atom stereocenters. The zero-order valence-electron chi connectivity index (χ0n) is 11.4. The standard InChI is InChI=1S/C14H23NO2/c1-6-15-13(8-16)12-7-9(2)14(17-5)11(4)10(12)3/h7,13,15-16H,6,8H2,1-5H3. The molecule has 96 valence electrons. The van der Waals surface area contributed by atoms with Crippen LogP contribution >= 0.6 is 0 Å². The van der Waals surface area contributed by atoms with Gasteiger partial charge in [0.2, 0.25) is 0 Å². The highest BCUT2D eigenvalue weighted by Gasteiger charge is 2.16. The number of ether oxygens (including phenoxy) is 1. The maximum atomic E-state index is 9.45. The van der Waals surface area contributed by atoms with Gasteiger partial charge in [-0.25, -0.2) is 0 Å². The molecule has 0 amide bonds. The Morgan fingerprint density at radius 1 is 1.29 bits per heavy atom. The Hall–Kier alpha value is -1.06. The molecule has 1 rings (SSSR count). The number of aliphatic hydroxyl groups excluding tert-OH is 1. The molecule has 1 aromatic rings. The van der Waals surface area contributed by atoms with Gasteiger partial charge in [0.05, 0.1) is 19.8 Å². The number of aliphatic hydroxyl groups is 1. The van der Waals surface area contributed by atoms with E-state index in [1.807, 2.05) is 13.8 Å². The highest BCUT2D eigenvalue weighted by molar-refractivity contribution is 5.50. The summed E-state index contributed by atoms with van der Waals surface area (Å²) in [4.78, 5) is 0. The van der Waals surface area contributed by atoms with Crippen LogP contribution in [0.15, 0.2) is 6.07 Å². The highest BCUT2D eigenvalue weighted by Crippen LogP contribution is 2.31. The fourth-order valence-corrected chi connectivity index (χ4v) is 2.28. The van der Waals surface area contributed by atoms with Gasteiger partial charge in [-0.1, -0.05) is 13.0 Å². The summed E-state index contributed by atoms with van der Waals surface area (Å²) < 4.78 is 5.40. The Balaban J connectivity index is 3.25. The Morgan fingerprint density at radius 3 is 2.41 bits per heavy atom. The van der Waals surface area contributed by atoms with Gasteiger partial charge in [-0.05, 0) is 49.6 Å². The van der Waals surface area contributed by atoms with Crippen LogP contribution < -0.4 is 10.1 Å². The van der Waals surface area contributed by atoms with Gasteiger partial charge >= 0.3 is 0 Å². The molecule has 3 heteroatoms. The SMILES string of the molecule is CCNC(CO)c1cc(C)c(OC)c(C)c1C. The van der Waals surface area contributed by atoms with Crippen LogP contribution in [0.4, 0.5) is 0 Å². The molecule has 0 saturated carbocycles. The average molecular weight is 237 g/mol. The number of methoxy groups -OCH3 is 1. The number of nitrogens with one attached hydrogen (secondary N) is 1. The van der Waals surface area contributed by atoms with Gasteiger partial charge in [-0.15, -0.1) is 0 Å². The molecule has 0 fully saturated rings. The highest BCUT2D eigenvalue weighted by atomic mass is 16.5. The number of likely N-dealkylation sites (N-methyl/N-ethyl adjacent to an activating group) is 1. The third-order valence-electron chi connectivity index (χ3n) is 3.28. The van der Waals surface area contributed by atoms with E-state index >= 15 is 0 Å². The molecular formula is C14H23NO2. The first-order valence-corrected chi connectivity index (χ1v) is 6.05. The van der Waals surface area contributed by atoms with Crippen molar-refractivity contribution < 1.29 is 9.84 Å². The minimum absolute atomic E-state index is 0.00306. The monoisotopic (exact) mass is 237 g/mol. The predicted molar refractivity (Wildman–Crippen MR) is 70.7 cm³/mol. The molecule has 3 nitrogen and oxygen atoms in total. The first-order chi connectivity index (χ1) is 8.06. The fraction of sp³-hybridized carbons (Fsp3) is 0.571. The third-order valence-corrected chi connectivity index (χ3v) is 3.28. The van der Waals surface area contributed by atoms with Gasteiger partial charge in [0.25, 0.3) is 0 Å². The molecule has 17 heavy (non-hydrogen) atoms. The molecule has 1 aromatic carbocycles. The molecule has 0 radical (unpaired) electrons. The summed E-state index contributed by atoms with van der Waals surface area (Å²) in [6.45, 7) is 9.17. The first kappa shape index (κ1) is 14.0. The topological polar surface area (TPSA) is 41.5 Å². The van der Waals surface area contributed by atoms with Crippen LogP contribution in [0.3, 0.4) is 0 Å². The van der Waals surface area contributed by atoms with Crippen molar-refractivity contribution in [2.75, 3.05) is 20.3 Å². The van der Waals surface area contributed by atoms with Gasteiger partial charge in [0, 0.05) is 0 Å². The Morgan fingerprint density at radius 2 is 1.94 bits per heavy atom. The van der Waals surface area contributed by atoms with Crippen LogP contribution in [-0.4, -0.2) is 25.4 Å². The number of benzene rings is 1. The molecule has 0 aromatic heterocycles. The van der Waals surface area contributed by atoms with Crippen LogP contribution in [-0.2, 0) is 0 Å². The second-order valence-electron chi connectivity index (χ2n) is 4.36. The molecule has 0 bridgehead atoms. The average Bonchev–Trinajstić information content (AvgIpc) is 2.32. The predicted octanol–water partition coefficient (Wildman–Crippen LogP) is 2.26. The second-order valence-corrected chi connectivity index (χ2v) is 4.36. The summed E-state index contributed by atoms with van der Waals surface area (Å²) in [5.41, 5.74) is 4.61. The van der Waals surface area contributed by atoms with E-state index in [2.05, 4.69) is 25.2 Å². The summed E-state index contributed by atoms with van der Waals surface area (Å²) in [6, 6.07) is 2.10. The smallest absolute Gasteiger partial charge is 0.124 e. The maximum Gasteiger partial charge on any atom is 0.124 e. The van der Waals surface area contributed by atoms with Crippen LogP contribution in [0.25, 0.3) is 0 Å². The van der Waals surface area contributed by atoms with E-state index in [1.54, 1.807) is 7.11 Å². The molecule has 0 spiro atoms. The molecule has 2 N–H and O–H groups in total. The fourth-order valence-electron chi connectivity index (χ4n) is 2.28. The zero-order valence-corrected chi connectivity index (χ0v) is 11.4. The second kappa shape index (κ2) is 6.03. The van der Waals surface area contributed by atoms with Crippen molar-refractivity contribution in [2.24, 2.45) is 0 Å². The maximum absolute atomic E-state index is 9.45. The summed E-state index contributed by atoms with van der Waals surface area (Å²) in [6.07, 6.45) is 0. The quantitative estimate of drug-likeness (QED) is 0.825. The van der Waals surface area contributed by atoms with E-state index < -0.39 is 0 Å². The van der Waals surface area contributed by atoms with E-state index in [9.17, 15) is 5.11 Å². The van der Waals surface area contributed by atoms with Gasteiger partial charge < -0.3 is 15.2 Å². The zero-order chi connectivity index (χ0) is 13.0. The molecular weight excluding hydrogens is 214 g/mol. The molecule has 1 atom stereocenters. The number of hydrogen-bond acceptors (Lipinski definition) is 3. The molecule has 0 aliphatic carbocycles. The normalized spacial score (nSPS) is 12.6. The van der Waals surface area contributed by atoms with Crippen LogP contribution in [0.1, 0.15) is 35.2 Å². The summed E-state index contributed by atoms with van der Waals surface area (Å²) >= 11 is 0.